The third-order valence-corrected chi connectivity index (χ3v) is 7.46. The van der Waals surface area contributed by atoms with Crippen LogP contribution in [0.4, 0.5) is 4.79 Å². The van der Waals surface area contributed by atoms with Crippen LogP contribution in [-0.2, 0) is 30.5 Å². The first-order valence-electron chi connectivity index (χ1n) is 13.1. The molecule has 220 valence electrons. The Kier molecular flexibility index (Phi) is 13.0. The highest BCUT2D eigenvalue weighted by molar-refractivity contribution is 6.01. The van der Waals surface area contributed by atoms with Gasteiger partial charge in [-0.1, -0.05) is 64.4 Å². The van der Waals surface area contributed by atoms with Crippen molar-refractivity contribution in [2.45, 2.75) is 84.4 Å². The third-order valence-electron chi connectivity index (χ3n) is 7.46. The topological polar surface area (TPSA) is 146 Å². The number of aliphatic carboxylic acids is 1. The molecule has 11 nitrogen and oxygen atoms in total. The molecule has 0 aliphatic rings. The second kappa shape index (κ2) is 14.9. The molecule has 3 amide bonds. The highest BCUT2D eigenvalue weighted by Crippen LogP contribution is 2.35. The van der Waals surface area contributed by atoms with Crippen LogP contribution >= 0.6 is 0 Å². The third kappa shape index (κ3) is 7.77. The maximum Gasteiger partial charge on any atom is 0.410 e. The smallest absolute Gasteiger partial charge is 0.410 e. The normalized spacial score (nSPS) is 16.9. The number of aliphatic hydroxyl groups excluding tert-OH is 1. The van der Waals surface area contributed by atoms with Crippen molar-refractivity contribution in [1.82, 2.24) is 15.1 Å². The zero-order chi connectivity index (χ0) is 30.1. The summed E-state index contributed by atoms with van der Waals surface area (Å²) in [4.78, 5) is 54.6. The average molecular weight is 552 g/mol. The van der Waals surface area contributed by atoms with Crippen molar-refractivity contribution in [2.75, 3.05) is 21.2 Å². The summed E-state index contributed by atoms with van der Waals surface area (Å²) in [5.41, 5.74) is -0.843. The van der Waals surface area contributed by atoms with Crippen LogP contribution in [0, 0.1) is 11.8 Å². The van der Waals surface area contributed by atoms with Gasteiger partial charge in [0.05, 0.1) is 18.2 Å². The molecule has 0 saturated heterocycles. The number of nitrogens with zero attached hydrogens (tertiary/aromatic N) is 2. The largest absolute Gasteiger partial charge is 0.480 e. The predicted octanol–water partition coefficient (Wildman–Crippen LogP) is 2.51. The van der Waals surface area contributed by atoms with Crippen molar-refractivity contribution in [2.24, 2.45) is 11.8 Å². The number of benzene rings is 1. The zero-order valence-electron chi connectivity index (χ0n) is 24.5. The Bertz CT molecular complexity index is 959. The number of imide groups is 1. The molecule has 0 radical (unpaired) electrons. The van der Waals surface area contributed by atoms with E-state index in [1.54, 1.807) is 52.0 Å². The molecule has 0 unspecified atom stereocenters. The van der Waals surface area contributed by atoms with Gasteiger partial charge < -0.3 is 19.7 Å². The first-order chi connectivity index (χ1) is 18.2. The van der Waals surface area contributed by atoms with Crippen LogP contribution in [0.2, 0.25) is 0 Å². The van der Waals surface area contributed by atoms with E-state index >= 15 is 0 Å². The summed E-state index contributed by atoms with van der Waals surface area (Å²) in [5.74, 6) is -3.66. The predicted molar refractivity (Wildman–Crippen MR) is 146 cm³/mol. The van der Waals surface area contributed by atoms with Crippen LogP contribution in [0.1, 0.15) is 53.5 Å². The summed E-state index contributed by atoms with van der Waals surface area (Å²) in [5, 5.41) is 23.0. The molecule has 0 fully saturated rings. The zero-order valence-corrected chi connectivity index (χ0v) is 24.5. The number of likely N-dealkylation sites (N-methyl/N-ethyl adjacent to an activating group) is 2. The van der Waals surface area contributed by atoms with Crippen molar-refractivity contribution < 1.29 is 38.9 Å². The van der Waals surface area contributed by atoms with Gasteiger partial charge in [0, 0.05) is 14.2 Å². The van der Waals surface area contributed by atoms with Gasteiger partial charge in [-0.2, -0.15) is 0 Å². The molecule has 0 bridgehead atoms. The number of carboxylic acid groups (broad SMARTS) is 1. The van der Waals surface area contributed by atoms with Gasteiger partial charge in [-0.3, -0.25) is 29.5 Å². The molecular formula is C28H45N3O8. The lowest BCUT2D eigenvalue weighted by Crippen LogP contribution is -2.69. The van der Waals surface area contributed by atoms with Gasteiger partial charge in [-0.25, -0.2) is 4.79 Å². The number of carbonyl (C=O) groups excluding carboxylic acids is 3. The fraction of sp³-hybridized carbons (Fsp3) is 0.643. The summed E-state index contributed by atoms with van der Waals surface area (Å²) >= 11 is 0. The SMILES string of the molecule is CC[C@H](C)[C@](C(=O)O)([C@@H](C)OC)N(C)[C@H](C(=O)NC(=O)[C@H]([C@@H](C)O)N(C)C(=O)OCc1ccccc1)C(C)C. The Morgan fingerprint density at radius 1 is 0.974 bits per heavy atom. The molecule has 0 saturated carbocycles. The van der Waals surface area contributed by atoms with E-state index in [2.05, 4.69) is 5.32 Å². The molecule has 11 heteroatoms. The fourth-order valence-electron chi connectivity index (χ4n) is 5.14. The van der Waals surface area contributed by atoms with Crippen LogP contribution in [0.25, 0.3) is 0 Å². The number of carbonyl (C=O) groups is 4. The molecule has 6 atom stereocenters. The van der Waals surface area contributed by atoms with Gasteiger partial charge in [-0.05, 0) is 38.3 Å². The van der Waals surface area contributed by atoms with Crippen molar-refractivity contribution in [1.29, 1.82) is 0 Å². The number of methoxy groups -OCH3 is 1. The summed E-state index contributed by atoms with van der Waals surface area (Å²) in [6, 6.07) is 6.46. The lowest BCUT2D eigenvalue weighted by molar-refractivity contribution is -0.173. The Morgan fingerprint density at radius 2 is 1.51 bits per heavy atom. The van der Waals surface area contributed by atoms with Gasteiger partial charge in [0.15, 0.2) is 0 Å². The lowest BCUT2D eigenvalue weighted by atomic mass is 9.76. The highest BCUT2D eigenvalue weighted by Gasteiger charge is 2.55. The highest BCUT2D eigenvalue weighted by atomic mass is 16.6. The van der Waals surface area contributed by atoms with E-state index in [0.29, 0.717) is 6.42 Å². The van der Waals surface area contributed by atoms with E-state index in [-0.39, 0.29) is 6.61 Å². The van der Waals surface area contributed by atoms with Gasteiger partial charge in [-0.15, -0.1) is 0 Å². The number of rotatable bonds is 14. The minimum atomic E-state index is -1.58. The standard InChI is InChI=1S/C28H45N3O8/c1-10-18(4)28(26(35)36,20(6)38-9)31(8)22(17(2)3)24(33)29-25(34)23(19(5)32)30(7)27(37)39-16-21-14-12-11-13-15-21/h11-15,17-20,22-23,32H,10,16H2,1-9H3,(H,35,36)(H,29,33,34)/t18-,19+,20+,22-,23-,28+/m0/s1. The Morgan fingerprint density at radius 3 is 1.95 bits per heavy atom. The maximum atomic E-state index is 13.5. The van der Waals surface area contributed by atoms with Crippen LogP contribution in [0.3, 0.4) is 0 Å². The van der Waals surface area contributed by atoms with Crippen molar-refractivity contribution in [3.05, 3.63) is 35.9 Å². The number of hydrogen-bond donors (Lipinski definition) is 3. The summed E-state index contributed by atoms with van der Waals surface area (Å²) in [7, 11) is 4.23. The summed E-state index contributed by atoms with van der Waals surface area (Å²) in [6.07, 6.45) is -2.50. The summed E-state index contributed by atoms with van der Waals surface area (Å²) in [6.45, 7) is 10.0. The second-order valence-corrected chi connectivity index (χ2v) is 10.3. The number of amides is 3. The fourth-order valence-corrected chi connectivity index (χ4v) is 5.14. The van der Waals surface area contributed by atoms with E-state index in [0.717, 1.165) is 10.5 Å². The Hall–Kier alpha value is -3.02. The van der Waals surface area contributed by atoms with Gasteiger partial charge in [0.25, 0.3) is 5.91 Å². The van der Waals surface area contributed by atoms with E-state index in [9.17, 15) is 29.4 Å². The molecule has 1 aromatic carbocycles. The number of carboxylic acids is 1. The molecule has 1 aromatic rings. The first-order valence-corrected chi connectivity index (χ1v) is 13.1. The first kappa shape index (κ1) is 34.0. The van der Waals surface area contributed by atoms with Crippen molar-refractivity contribution in [3.8, 4) is 0 Å². The van der Waals surface area contributed by atoms with E-state index < -0.39 is 65.5 Å². The molecule has 0 heterocycles. The number of aliphatic hydroxyl groups is 1. The van der Waals surface area contributed by atoms with E-state index in [4.69, 9.17) is 9.47 Å². The molecular weight excluding hydrogens is 506 g/mol. The van der Waals surface area contributed by atoms with E-state index in [1.165, 1.54) is 33.0 Å². The molecule has 0 aliphatic carbocycles. The Balaban J connectivity index is 3.23. The Labute approximate surface area is 231 Å². The van der Waals surface area contributed by atoms with Crippen molar-refractivity contribution in [3.63, 3.8) is 0 Å². The van der Waals surface area contributed by atoms with Crippen LogP contribution < -0.4 is 5.32 Å². The van der Waals surface area contributed by atoms with Gasteiger partial charge >= 0.3 is 12.1 Å². The van der Waals surface area contributed by atoms with E-state index in [1.807, 2.05) is 13.0 Å². The quantitative estimate of drug-likeness (QED) is 0.317. The van der Waals surface area contributed by atoms with Gasteiger partial charge in [0.2, 0.25) is 5.91 Å². The van der Waals surface area contributed by atoms with Crippen LogP contribution in [0.15, 0.2) is 30.3 Å². The molecule has 0 aliphatic heterocycles. The molecule has 1 rings (SSSR count). The number of ether oxygens (including phenoxy) is 2. The second-order valence-electron chi connectivity index (χ2n) is 10.3. The molecule has 3 N–H and O–H groups in total. The number of hydrogen-bond acceptors (Lipinski definition) is 8. The number of nitrogens with one attached hydrogen (secondary N) is 1. The average Bonchev–Trinajstić information content (AvgIpc) is 2.87. The molecule has 0 aromatic heterocycles. The van der Waals surface area contributed by atoms with Crippen LogP contribution in [-0.4, -0.2) is 94.9 Å². The lowest BCUT2D eigenvalue weighted by Gasteiger charge is -2.49. The summed E-state index contributed by atoms with van der Waals surface area (Å²) < 4.78 is 10.8. The minimum absolute atomic E-state index is 0.0398. The minimum Gasteiger partial charge on any atom is -0.480 e. The monoisotopic (exact) mass is 551 g/mol. The molecule has 39 heavy (non-hydrogen) atoms. The van der Waals surface area contributed by atoms with Gasteiger partial charge in [0.1, 0.15) is 18.2 Å². The maximum absolute atomic E-state index is 13.5. The molecule has 0 spiro atoms. The van der Waals surface area contributed by atoms with Crippen molar-refractivity contribution >= 4 is 23.9 Å². The van der Waals surface area contributed by atoms with Crippen LogP contribution in [0.5, 0.6) is 0 Å².